The summed E-state index contributed by atoms with van der Waals surface area (Å²) in [5.74, 6) is 1.33. The molecule has 32 heavy (non-hydrogen) atoms. The normalized spacial score (nSPS) is 21.9. The van der Waals surface area contributed by atoms with Crippen LogP contribution in [0, 0.1) is 5.82 Å². The van der Waals surface area contributed by atoms with Gasteiger partial charge in [-0.15, -0.1) is 5.10 Å². The molecule has 162 valence electrons. The van der Waals surface area contributed by atoms with Gasteiger partial charge in [-0.25, -0.2) is 19.3 Å². The molecule has 6 rings (SSSR count). The third-order valence-electron chi connectivity index (χ3n) is 5.89. The summed E-state index contributed by atoms with van der Waals surface area (Å²) in [5.41, 5.74) is 0.724. The molecule has 0 radical (unpaired) electrons. The Morgan fingerprint density at radius 2 is 1.94 bits per heavy atom. The van der Waals surface area contributed by atoms with Gasteiger partial charge in [0, 0.05) is 6.04 Å². The molecule has 0 aliphatic carbocycles. The summed E-state index contributed by atoms with van der Waals surface area (Å²) in [7, 11) is 0. The highest BCUT2D eigenvalue weighted by molar-refractivity contribution is 5.39. The van der Waals surface area contributed by atoms with Crippen molar-refractivity contribution in [3.05, 3.63) is 54.8 Å². The fourth-order valence-corrected chi connectivity index (χ4v) is 4.51. The lowest BCUT2D eigenvalue weighted by atomic mass is 9.96. The number of rotatable bonds is 6. The van der Waals surface area contributed by atoms with Crippen molar-refractivity contribution in [1.82, 2.24) is 50.2 Å². The minimum atomic E-state index is -0.435. The Morgan fingerprint density at radius 1 is 1.03 bits per heavy atom. The van der Waals surface area contributed by atoms with Crippen LogP contribution >= 0.6 is 0 Å². The number of ether oxygens (including phenoxy) is 1. The van der Waals surface area contributed by atoms with Crippen LogP contribution in [0.4, 0.5) is 10.3 Å². The SMILES string of the molecule is Fc1cnc(N2C3CCC2C(n2ncc(COc4ccc(-n5cnnn5)nc4)n2)C3)nc1. The average molecular weight is 435 g/mol. The Balaban J connectivity index is 1.11. The quantitative estimate of drug-likeness (QED) is 0.435. The first-order chi connectivity index (χ1) is 15.7. The van der Waals surface area contributed by atoms with E-state index in [1.807, 2.05) is 0 Å². The fourth-order valence-electron chi connectivity index (χ4n) is 4.51. The van der Waals surface area contributed by atoms with E-state index < -0.39 is 5.82 Å². The van der Waals surface area contributed by atoms with E-state index in [9.17, 15) is 4.39 Å². The van der Waals surface area contributed by atoms with E-state index in [4.69, 9.17) is 4.74 Å². The first-order valence-corrected chi connectivity index (χ1v) is 10.2. The minimum absolute atomic E-state index is 0.119. The zero-order valence-corrected chi connectivity index (χ0v) is 16.8. The lowest BCUT2D eigenvalue weighted by Crippen LogP contribution is -2.33. The van der Waals surface area contributed by atoms with Gasteiger partial charge >= 0.3 is 0 Å². The Morgan fingerprint density at radius 3 is 2.72 bits per heavy atom. The highest BCUT2D eigenvalue weighted by Crippen LogP contribution is 2.45. The largest absolute Gasteiger partial charge is 0.486 e. The van der Waals surface area contributed by atoms with Crippen LogP contribution in [0.2, 0.25) is 0 Å². The number of halogens is 1. The van der Waals surface area contributed by atoms with Gasteiger partial charge in [0.25, 0.3) is 0 Å². The Kier molecular flexibility index (Phi) is 4.44. The van der Waals surface area contributed by atoms with Crippen molar-refractivity contribution < 1.29 is 9.13 Å². The lowest BCUT2D eigenvalue weighted by molar-refractivity contribution is 0.291. The van der Waals surface area contributed by atoms with Gasteiger partial charge in [-0.1, -0.05) is 0 Å². The molecular formula is C19H18FN11O. The summed E-state index contributed by atoms with van der Waals surface area (Å²) in [6.07, 6.45) is 10.2. The highest BCUT2D eigenvalue weighted by atomic mass is 19.1. The number of hydrogen-bond donors (Lipinski definition) is 0. The van der Waals surface area contributed by atoms with E-state index in [1.54, 1.807) is 29.3 Å². The molecule has 12 nitrogen and oxygen atoms in total. The van der Waals surface area contributed by atoms with Crippen LogP contribution in [0.1, 0.15) is 31.0 Å². The predicted molar refractivity (Wildman–Crippen MR) is 106 cm³/mol. The average Bonchev–Trinajstić information content (AvgIpc) is 3.63. The lowest BCUT2D eigenvalue weighted by Gasteiger charge is -2.23. The Labute approximate surface area is 181 Å². The molecule has 13 heteroatoms. The zero-order chi connectivity index (χ0) is 21.5. The van der Waals surface area contributed by atoms with Gasteiger partial charge in [-0.05, 0) is 41.8 Å². The van der Waals surface area contributed by atoms with Gasteiger partial charge in [0.15, 0.2) is 11.6 Å². The number of tetrazole rings is 1. The molecule has 4 aromatic rings. The summed E-state index contributed by atoms with van der Waals surface area (Å²) >= 11 is 0. The van der Waals surface area contributed by atoms with E-state index in [-0.39, 0.29) is 18.7 Å². The molecule has 4 aromatic heterocycles. The summed E-state index contributed by atoms with van der Waals surface area (Å²) in [4.78, 5) is 16.6. The van der Waals surface area contributed by atoms with Gasteiger partial charge < -0.3 is 9.64 Å². The predicted octanol–water partition coefficient (Wildman–Crippen LogP) is 1.14. The zero-order valence-electron chi connectivity index (χ0n) is 16.8. The maximum absolute atomic E-state index is 13.2. The van der Waals surface area contributed by atoms with Gasteiger partial charge in [0.1, 0.15) is 24.4 Å². The number of fused-ring (bicyclic) bond motifs is 2. The van der Waals surface area contributed by atoms with Crippen molar-refractivity contribution in [1.29, 1.82) is 0 Å². The maximum Gasteiger partial charge on any atom is 0.226 e. The van der Waals surface area contributed by atoms with Crippen LogP contribution in [-0.2, 0) is 6.61 Å². The van der Waals surface area contributed by atoms with Crippen molar-refractivity contribution in [3.63, 3.8) is 0 Å². The second-order valence-corrected chi connectivity index (χ2v) is 7.76. The molecule has 2 fully saturated rings. The van der Waals surface area contributed by atoms with Crippen LogP contribution in [0.5, 0.6) is 5.75 Å². The summed E-state index contributed by atoms with van der Waals surface area (Å²) < 4.78 is 20.5. The second-order valence-electron chi connectivity index (χ2n) is 7.76. The second kappa shape index (κ2) is 7.59. The van der Waals surface area contributed by atoms with Crippen LogP contribution in [0.3, 0.4) is 0 Å². The monoisotopic (exact) mass is 435 g/mol. The highest BCUT2D eigenvalue weighted by Gasteiger charge is 2.49. The van der Waals surface area contributed by atoms with Gasteiger partial charge in [0.2, 0.25) is 5.95 Å². The third-order valence-corrected chi connectivity index (χ3v) is 5.89. The molecule has 0 amide bonds. The summed E-state index contributed by atoms with van der Waals surface area (Å²) in [6, 6.07) is 4.18. The molecule has 3 unspecified atom stereocenters. The van der Waals surface area contributed by atoms with E-state index in [1.165, 1.54) is 23.4 Å². The van der Waals surface area contributed by atoms with E-state index in [0.29, 0.717) is 23.6 Å². The Bertz CT molecular complexity index is 1200. The first kappa shape index (κ1) is 18.7. The molecule has 0 saturated carbocycles. The summed E-state index contributed by atoms with van der Waals surface area (Å²) in [6.45, 7) is 0.275. The third kappa shape index (κ3) is 3.31. The van der Waals surface area contributed by atoms with Gasteiger partial charge in [0.05, 0.1) is 36.9 Å². The molecule has 2 aliphatic rings. The van der Waals surface area contributed by atoms with Crippen molar-refractivity contribution in [2.45, 2.75) is 44.0 Å². The molecular weight excluding hydrogens is 417 g/mol. The first-order valence-electron chi connectivity index (χ1n) is 10.2. The van der Waals surface area contributed by atoms with Crippen molar-refractivity contribution in [3.8, 4) is 11.6 Å². The van der Waals surface area contributed by atoms with E-state index >= 15 is 0 Å². The van der Waals surface area contributed by atoms with E-state index in [0.717, 1.165) is 25.0 Å². The maximum atomic E-state index is 13.2. The number of nitrogens with zero attached hydrogens (tertiary/aromatic N) is 11. The molecule has 3 atom stereocenters. The molecule has 6 heterocycles. The topological polar surface area (TPSA) is 125 Å². The molecule has 2 bridgehead atoms. The van der Waals surface area contributed by atoms with Crippen LogP contribution in [0.15, 0.2) is 43.2 Å². The number of anilines is 1. The minimum Gasteiger partial charge on any atom is -0.486 e. The fraction of sp³-hybridized carbons (Fsp3) is 0.368. The number of hydrogen-bond acceptors (Lipinski definition) is 10. The van der Waals surface area contributed by atoms with Crippen LogP contribution < -0.4 is 9.64 Å². The van der Waals surface area contributed by atoms with Crippen molar-refractivity contribution >= 4 is 5.95 Å². The number of pyridine rings is 1. The molecule has 0 aromatic carbocycles. The number of aromatic nitrogens is 10. The van der Waals surface area contributed by atoms with Gasteiger partial charge in [-0.2, -0.15) is 19.7 Å². The van der Waals surface area contributed by atoms with Gasteiger partial charge in [-0.3, -0.25) is 0 Å². The van der Waals surface area contributed by atoms with E-state index in [2.05, 4.69) is 45.6 Å². The molecule has 2 saturated heterocycles. The Hall–Kier alpha value is -4.03. The summed E-state index contributed by atoms with van der Waals surface area (Å²) in [5, 5.41) is 20.1. The van der Waals surface area contributed by atoms with Crippen molar-refractivity contribution in [2.24, 2.45) is 0 Å². The van der Waals surface area contributed by atoms with Crippen LogP contribution in [-0.4, -0.2) is 62.2 Å². The molecule has 2 aliphatic heterocycles. The smallest absolute Gasteiger partial charge is 0.226 e. The standard InChI is InChI=1S/C19H18FN11O/c20-12-6-22-19(23-7-12)30-14-1-3-16(30)17(5-14)31-25-8-13(26-31)10-32-15-2-4-18(21-9-15)29-11-24-27-28-29/h2,4,6-9,11,14,16-17H,1,3,5,10H2. The van der Waals surface area contributed by atoms with Crippen molar-refractivity contribution in [2.75, 3.05) is 4.90 Å². The van der Waals surface area contributed by atoms with Crippen LogP contribution in [0.25, 0.3) is 5.82 Å². The molecule has 0 spiro atoms. The molecule has 0 N–H and O–H groups in total.